The van der Waals surface area contributed by atoms with E-state index >= 15 is 0 Å². The van der Waals surface area contributed by atoms with Crippen LogP contribution in [0.25, 0.3) is 11.0 Å². The molecule has 2 aromatic carbocycles. The van der Waals surface area contributed by atoms with E-state index in [0.717, 1.165) is 10.9 Å². The molecule has 0 saturated carbocycles. The molecule has 2 aromatic heterocycles. The van der Waals surface area contributed by atoms with Gasteiger partial charge in [0.05, 0.1) is 35.8 Å². The van der Waals surface area contributed by atoms with Crippen LogP contribution in [0, 0.1) is 0 Å². The fraction of sp³-hybridized carbons (Fsp3) is 0.136. The highest BCUT2D eigenvalue weighted by atomic mass is 32.2. The lowest BCUT2D eigenvalue weighted by atomic mass is 10.2. The van der Waals surface area contributed by atoms with Crippen LogP contribution in [-0.2, 0) is 16.4 Å². The first-order valence-corrected chi connectivity index (χ1v) is 11.0. The minimum atomic E-state index is -3.77. The molecule has 4 rings (SSSR count). The second-order valence-corrected chi connectivity index (χ2v) is 8.86. The first-order chi connectivity index (χ1) is 15.4. The zero-order valence-corrected chi connectivity index (χ0v) is 18.1. The van der Waals surface area contributed by atoms with Crippen molar-refractivity contribution < 1.29 is 22.7 Å². The Kier molecular flexibility index (Phi) is 5.78. The lowest BCUT2D eigenvalue weighted by Crippen LogP contribution is -2.22. The highest BCUT2D eigenvalue weighted by Gasteiger charge is 2.20. The van der Waals surface area contributed by atoms with Gasteiger partial charge in [-0.2, -0.15) is 5.10 Å². The van der Waals surface area contributed by atoms with Gasteiger partial charge < -0.3 is 14.8 Å². The first-order valence-electron chi connectivity index (χ1n) is 9.55. The fourth-order valence-corrected chi connectivity index (χ4v) is 4.41. The molecule has 0 spiro atoms. The molecule has 1 amide bonds. The van der Waals surface area contributed by atoms with Crippen molar-refractivity contribution in [3.63, 3.8) is 0 Å². The van der Waals surface area contributed by atoms with Crippen LogP contribution in [0.3, 0.4) is 0 Å². The average molecular weight is 452 g/mol. The van der Waals surface area contributed by atoms with Crippen LogP contribution in [0.4, 0.5) is 0 Å². The second kappa shape index (κ2) is 8.67. The van der Waals surface area contributed by atoms with Crippen LogP contribution in [0.15, 0.2) is 70.7 Å². The number of fused-ring (bicyclic) bond motifs is 1. The maximum atomic E-state index is 13.0. The Morgan fingerprint density at radius 3 is 2.31 bits per heavy atom. The summed E-state index contributed by atoms with van der Waals surface area (Å²) < 4.78 is 36.4. The van der Waals surface area contributed by atoms with Crippen molar-refractivity contribution in [2.24, 2.45) is 0 Å². The lowest BCUT2D eigenvalue weighted by molar-refractivity contribution is 0.0950. The van der Waals surface area contributed by atoms with Gasteiger partial charge in [0.1, 0.15) is 11.5 Å². The third-order valence-electron chi connectivity index (χ3n) is 4.88. The molecular weight excluding hydrogens is 432 g/mol. The molecule has 0 bridgehead atoms. The summed E-state index contributed by atoms with van der Waals surface area (Å²) in [7, 11) is -0.863. The molecular formula is C22H20N4O5S. The van der Waals surface area contributed by atoms with Crippen molar-refractivity contribution in [2.45, 2.75) is 16.3 Å². The number of pyridine rings is 1. The Morgan fingerprint density at radius 2 is 1.66 bits per heavy atom. The van der Waals surface area contributed by atoms with Gasteiger partial charge in [0.25, 0.3) is 5.91 Å². The van der Waals surface area contributed by atoms with Crippen molar-refractivity contribution in [3.8, 4) is 11.5 Å². The van der Waals surface area contributed by atoms with Gasteiger partial charge >= 0.3 is 0 Å². The maximum Gasteiger partial charge on any atom is 0.253 e. The number of aromatic nitrogens is 3. The van der Waals surface area contributed by atoms with Gasteiger partial charge in [0.15, 0.2) is 5.65 Å². The van der Waals surface area contributed by atoms with Crippen molar-refractivity contribution in [1.29, 1.82) is 0 Å². The van der Waals surface area contributed by atoms with Gasteiger partial charge in [0.2, 0.25) is 9.84 Å². The van der Waals surface area contributed by atoms with E-state index in [1.165, 1.54) is 44.7 Å². The number of methoxy groups -OCH3 is 2. The van der Waals surface area contributed by atoms with Crippen LogP contribution in [-0.4, -0.2) is 43.7 Å². The molecule has 0 aliphatic rings. The van der Waals surface area contributed by atoms with Crippen molar-refractivity contribution >= 4 is 26.8 Å². The highest BCUT2D eigenvalue weighted by Crippen LogP contribution is 2.29. The van der Waals surface area contributed by atoms with E-state index in [1.807, 2.05) is 0 Å². The summed E-state index contributed by atoms with van der Waals surface area (Å²) in [5, 5.41) is 10.1. The Bertz CT molecular complexity index is 1360. The lowest BCUT2D eigenvalue weighted by Gasteiger charge is -2.10. The van der Waals surface area contributed by atoms with Crippen LogP contribution in [0.1, 0.15) is 15.9 Å². The zero-order chi connectivity index (χ0) is 22.7. The summed E-state index contributed by atoms with van der Waals surface area (Å²) in [6.07, 6.45) is 3.06. The van der Waals surface area contributed by atoms with E-state index in [0.29, 0.717) is 22.7 Å². The number of nitrogens with zero attached hydrogens (tertiary/aromatic N) is 2. The number of hydrogen-bond acceptors (Lipinski definition) is 7. The summed E-state index contributed by atoms with van der Waals surface area (Å²) in [6, 6.07) is 12.5. The molecule has 4 aromatic rings. The highest BCUT2D eigenvalue weighted by molar-refractivity contribution is 7.91. The number of rotatable bonds is 7. The van der Waals surface area contributed by atoms with Gasteiger partial charge in [0, 0.05) is 24.2 Å². The number of benzene rings is 2. The van der Waals surface area contributed by atoms with E-state index in [2.05, 4.69) is 20.5 Å². The molecule has 0 aliphatic heterocycles. The maximum absolute atomic E-state index is 13.0. The minimum Gasteiger partial charge on any atom is -0.497 e. The predicted octanol–water partition coefficient (Wildman–Crippen LogP) is 2.74. The molecule has 0 atom stereocenters. The van der Waals surface area contributed by atoms with Crippen LogP contribution < -0.4 is 14.8 Å². The number of ether oxygens (including phenoxy) is 2. The number of sulfone groups is 1. The summed E-state index contributed by atoms with van der Waals surface area (Å²) in [6.45, 7) is 0.232. The normalized spacial score (nSPS) is 11.3. The number of hydrogen-bond donors (Lipinski definition) is 2. The standard InChI is InChI=1S/C22H20N4O5S/c1-30-17-8-18(31-2)10-20(9-17)32(28,29)19-5-3-14(4-6-19)11-24-22(27)16-7-15-13-25-26-21(15)23-12-16/h3-10,12-13H,11H2,1-2H3,(H,24,27)(H,23,25,26). The van der Waals surface area contributed by atoms with Gasteiger partial charge in [-0.05, 0) is 35.9 Å². The first kappa shape index (κ1) is 21.3. The SMILES string of the molecule is COc1cc(OC)cc(S(=O)(=O)c2ccc(CNC(=O)c3cnc4[nH]ncc4c3)cc2)c1. The van der Waals surface area contributed by atoms with E-state index in [9.17, 15) is 13.2 Å². The number of carbonyl (C=O) groups excluding carboxylic acids is 1. The fourth-order valence-electron chi connectivity index (χ4n) is 3.10. The van der Waals surface area contributed by atoms with Crippen molar-refractivity contribution in [3.05, 3.63) is 72.1 Å². The molecule has 0 fully saturated rings. The molecule has 164 valence electrons. The Labute approximate surface area is 184 Å². The summed E-state index contributed by atoms with van der Waals surface area (Å²) >= 11 is 0. The number of amides is 1. The quantitative estimate of drug-likeness (QED) is 0.442. The van der Waals surface area contributed by atoms with Gasteiger partial charge in [-0.25, -0.2) is 13.4 Å². The topological polar surface area (TPSA) is 123 Å². The molecule has 2 heterocycles. The van der Waals surface area contributed by atoms with E-state index in [4.69, 9.17) is 9.47 Å². The molecule has 0 radical (unpaired) electrons. The molecule has 9 nitrogen and oxygen atoms in total. The molecule has 0 aliphatic carbocycles. The second-order valence-electron chi connectivity index (χ2n) is 6.91. The zero-order valence-electron chi connectivity index (χ0n) is 17.3. The number of aromatic amines is 1. The predicted molar refractivity (Wildman–Crippen MR) is 116 cm³/mol. The van der Waals surface area contributed by atoms with Crippen LogP contribution in [0.2, 0.25) is 0 Å². The van der Waals surface area contributed by atoms with Gasteiger partial charge in [-0.1, -0.05) is 12.1 Å². The Balaban J connectivity index is 1.48. The minimum absolute atomic E-state index is 0.0666. The number of nitrogens with one attached hydrogen (secondary N) is 2. The van der Waals surface area contributed by atoms with Gasteiger partial charge in [-0.3, -0.25) is 9.89 Å². The Morgan fingerprint density at radius 1 is 0.969 bits per heavy atom. The van der Waals surface area contributed by atoms with Crippen molar-refractivity contribution in [1.82, 2.24) is 20.5 Å². The molecule has 10 heteroatoms. The smallest absolute Gasteiger partial charge is 0.253 e. The molecule has 0 saturated heterocycles. The molecule has 0 unspecified atom stereocenters. The van der Waals surface area contributed by atoms with Crippen LogP contribution in [0.5, 0.6) is 11.5 Å². The summed E-state index contributed by atoms with van der Waals surface area (Å²) in [5.74, 6) is 0.469. The monoisotopic (exact) mass is 452 g/mol. The summed E-state index contributed by atoms with van der Waals surface area (Å²) in [4.78, 5) is 16.7. The summed E-state index contributed by atoms with van der Waals surface area (Å²) in [5.41, 5.74) is 1.76. The van der Waals surface area contributed by atoms with Crippen molar-refractivity contribution in [2.75, 3.05) is 14.2 Å². The number of carbonyl (C=O) groups is 1. The van der Waals surface area contributed by atoms with Gasteiger partial charge in [-0.15, -0.1) is 0 Å². The molecule has 32 heavy (non-hydrogen) atoms. The average Bonchev–Trinajstić information content (AvgIpc) is 3.30. The number of H-pyrrole nitrogens is 1. The largest absolute Gasteiger partial charge is 0.497 e. The van der Waals surface area contributed by atoms with Crippen LogP contribution >= 0.6 is 0 Å². The Hall–Kier alpha value is -3.92. The van der Waals surface area contributed by atoms with E-state index in [1.54, 1.807) is 30.5 Å². The third-order valence-corrected chi connectivity index (χ3v) is 6.62. The third kappa shape index (κ3) is 4.26. The van der Waals surface area contributed by atoms with E-state index < -0.39 is 9.84 Å². The molecule has 2 N–H and O–H groups in total. The van der Waals surface area contributed by atoms with E-state index in [-0.39, 0.29) is 22.2 Å².